The van der Waals surface area contributed by atoms with Gasteiger partial charge < -0.3 is 10.1 Å². The molecule has 1 N–H and O–H groups in total. The van der Waals surface area contributed by atoms with Crippen molar-refractivity contribution in [2.75, 3.05) is 6.61 Å². The van der Waals surface area contributed by atoms with Crippen LogP contribution in [0, 0.1) is 0 Å². The number of nitrogens with one attached hydrogen (secondary N) is 1. The molecule has 1 aliphatic carbocycles. The van der Waals surface area contributed by atoms with Gasteiger partial charge in [0.25, 0.3) is 5.91 Å². The number of amides is 1. The molecule has 1 heterocycles. The van der Waals surface area contributed by atoms with E-state index in [0.717, 1.165) is 36.0 Å². The standard InChI is InChI=1S/C23H21ClN2O3/c1-2-29-23(28)21(14-7-4-3-5-8-14)26-22(27)20-16-9-6-10-18(16)25-19-12-11-15(24)13-17(19)20/h3-5,7-8,11-13,21H,2,6,9-10H2,1H3,(H,26,27). The van der Waals surface area contributed by atoms with Gasteiger partial charge in [-0.2, -0.15) is 0 Å². The first-order valence-corrected chi connectivity index (χ1v) is 10.1. The predicted molar refractivity (Wildman–Crippen MR) is 112 cm³/mol. The normalized spacial score (nSPS) is 13.7. The monoisotopic (exact) mass is 408 g/mol. The smallest absolute Gasteiger partial charge is 0.333 e. The summed E-state index contributed by atoms with van der Waals surface area (Å²) in [7, 11) is 0. The number of hydrogen-bond donors (Lipinski definition) is 1. The number of carbonyl (C=O) groups excluding carboxylic acids is 2. The largest absolute Gasteiger partial charge is 0.464 e. The number of fused-ring (bicyclic) bond motifs is 2. The second-order valence-corrected chi connectivity index (χ2v) is 7.43. The summed E-state index contributed by atoms with van der Waals surface area (Å²) in [5, 5.41) is 4.13. The van der Waals surface area contributed by atoms with Gasteiger partial charge in [0.15, 0.2) is 6.04 Å². The lowest BCUT2D eigenvalue weighted by Crippen LogP contribution is -2.35. The number of ether oxygens (including phenoxy) is 1. The van der Waals surface area contributed by atoms with Crippen LogP contribution in [0.2, 0.25) is 5.02 Å². The van der Waals surface area contributed by atoms with Crippen LogP contribution in [-0.2, 0) is 22.4 Å². The maximum Gasteiger partial charge on any atom is 0.333 e. The van der Waals surface area contributed by atoms with Gasteiger partial charge in [-0.05, 0) is 55.5 Å². The number of carbonyl (C=O) groups is 2. The highest BCUT2D eigenvalue weighted by Gasteiger charge is 2.29. The Morgan fingerprint density at radius 1 is 1.17 bits per heavy atom. The number of pyridine rings is 1. The van der Waals surface area contributed by atoms with Gasteiger partial charge in [0.2, 0.25) is 0 Å². The Balaban J connectivity index is 1.78. The minimum absolute atomic E-state index is 0.237. The first kappa shape index (κ1) is 19.4. The first-order chi connectivity index (χ1) is 14.1. The van der Waals surface area contributed by atoms with E-state index in [-0.39, 0.29) is 12.5 Å². The Morgan fingerprint density at radius 3 is 2.72 bits per heavy atom. The van der Waals surface area contributed by atoms with Crippen LogP contribution >= 0.6 is 11.6 Å². The van der Waals surface area contributed by atoms with Crippen LogP contribution in [-0.4, -0.2) is 23.5 Å². The highest BCUT2D eigenvalue weighted by molar-refractivity contribution is 6.31. The summed E-state index contributed by atoms with van der Waals surface area (Å²) in [6.07, 6.45) is 2.57. The molecule has 1 atom stereocenters. The van der Waals surface area contributed by atoms with Crippen LogP contribution in [0.1, 0.15) is 46.6 Å². The van der Waals surface area contributed by atoms with E-state index in [1.165, 1.54) is 0 Å². The van der Waals surface area contributed by atoms with Crippen molar-refractivity contribution in [3.63, 3.8) is 0 Å². The molecule has 6 heteroatoms. The minimum atomic E-state index is -0.886. The third kappa shape index (κ3) is 3.83. The van der Waals surface area contributed by atoms with Crippen molar-refractivity contribution >= 4 is 34.4 Å². The Hall–Kier alpha value is -2.92. The lowest BCUT2D eigenvalue weighted by Gasteiger charge is -2.19. The molecule has 1 aliphatic rings. The Bertz CT molecular complexity index is 1080. The fourth-order valence-electron chi connectivity index (χ4n) is 3.85. The number of aromatic nitrogens is 1. The fourth-order valence-corrected chi connectivity index (χ4v) is 4.02. The average Bonchev–Trinajstić information content (AvgIpc) is 3.19. The summed E-state index contributed by atoms with van der Waals surface area (Å²) in [5.41, 5.74) is 3.83. The zero-order valence-electron chi connectivity index (χ0n) is 16.1. The number of esters is 1. The molecule has 5 nitrogen and oxygen atoms in total. The van der Waals surface area contributed by atoms with Crippen LogP contribution in [0.4, 0.5) is 0 Å². The van der Waals surface area contributed by atoms with E-state index in [2.05, 4.69) is 5.32 Å². The molecule has 0 bridgehead atoms. The number of benzene rings is 2. The van der Waals surface area contributed by atoms with Crippen LogP contribution in [0.5, 0.6) is 0 Å². The number of halogens is 1. The van der Waals surface area contributed by atoms with Crippen molar-refractivity contribution in [3.8, 4) is 0 Å². The van der Waals surface area contributed by atoms with Gasteiger partial charge in [-0.25, -0.2) is 4.79 Å². The lowest BCUT2D eigenvalue weighted by molar-refractivity contribution is -0.145. The number of nitrogens with zero attached hydrogens (tertiary/aromatic N) is 1. The summed E-state index contributed by atoms with van der Waals surface area (Å²) in [4.78, 5) is 30.7. The van der Waals surface area contributed by atoms with Crippen molar-refractivity contribution in [2.45, 2.75) is 32.2 Å². The number of aryl methyl sites for hydroxylation is 1. The van der Waals surface area contributed by atoms with Crippen LogP contribution < -0.4 is 5.32 Å². The SMILES string of the molecule is CCOC(=O)C(NC(=O)c1c2c(nc3ccc(Cl)cc13)CCC2)c1ccccc1. The van der Waals surface area contributed by atoms with Gasteiger partial charge in [0.05, 0.1) is 17.7 Å². The van der Waals surface area contributed by atoms with E-state index < -0.39 is 12.0 Å². The third-order valence-electron chi connectivity index (χ3n) is 5.13. The molecule has 0 fully saturated rings. The van der Waals surface area contributed by atoms with Crippen molar-refractivity contribution in [1.29, 1.82) is 0 Å². The van der Waals surface area contributed by atoms with Gasteiger partial charge in [0.1, 0.15) is 0 Å². The molecule has 1 unspecified atom stereocenters. The van der Waals surface area contributed by atoms with Crippen molar-refractivity contribution in [3.05, 3.63) is 75.9 Å². The topological polar surface area (TPSA) is 68.3 Å². The van der Waals surface area contributed by atoms with Crippen LogP contribution in [0.15, 0.2) is 48.5 Å². The van der Waals surface area contributed by atoms with Gasteiger partial charge in [-0.15, -0.1) is 0 Å². The van der Waals surface area contributed by atoms with E-state index in [9.17, 15) is 9.59 Å². The highest BCUT2D eigenvalue weighted by Crippen LogP contribution is 2.32. The summed E-state index contributed by atoms with van der Waals surface area (Å²) < 4.78 is 5.21. The molecule has 3 aromatic rings. The van der Waals surface area contributed by atoms with Gasteiger partial charge in [0, 0.05) is 16.1 Å². The first-order valence-electron chi connectivity index (χ1n) is 9.72. The molecular formula is C23H21ClN2O3. The van der Waals surface area contributed by atoms with Gasteiger partial charge >= 0.3 is 5.97 Å². The van der Waals surface area contributed by atoms with E-state index >= 15 is 0 Å². The minimum Gasteiger partial charge on any atom is -0.464 e. The van der Waals surface area contributed by atoms with Crippen LogP contribution in [0.25, 0.3) is 10.9 Å². The zero-order valence-corrected chi connectivity index (χ0v) is 16.8. The Kier molecular flexibility index (Phi) is 5.49. The molecule has 1 amide bonds. The molecule has 29 heavy (non-hydrogen) atoms. The summed E-state index contributed by atoms with van der Waals surface area (Å²) in [6, 6.07) is 13.6. The van der Waals surface area contributed by atoms with Gasteiger partial charge in [-0.1, -0.05) is 41.9 Å². The molecule has 0 aliphatic heterocycles. The number of hydrogen-bond acceptors (Lipinski definition) is 4. The molecule has 4 rings (SSSR count). The van der Waals surface area contributed by atoms with Crippen molar-refractivity contribution in [2.24, 2.45) is 0 Å². The molecule has 0 saturated heterocycles. The van der Waals surface area contributed by atoms with Crippen molar-refractivity contribution in [1.82, 2.24) is 10.3 Å². The molecule has 1 aromatic heterocycles. The highest BCUT2D eigenvalue weighted by atomic mass is 35.5. The summed E-state index contributed by atoms with van der Waals surface area (Å²) in [6.45, 7) is 1.98. The molecule has 2 aromatic carbocycles. The third-order valence-corrected chi connectivity index (χ3v) is 5.37. The second kappa shape index (κ2) is 8.21. The van der Waals surface area contributed by atoms with Crippen LogP contribution in [0.3, 0.4) is 0 Å². The average molecular weight is 409 g/mol. The van der Waals surface area contributed by atoms with E-state index in [1.54, 1.807) is 31.2 Å². The van der Waals surface area contributed by atoms with Gasteiger partial charge in [-0.3, -0.25) is 9.78 Å². The fraction of sp³-hybridized carbons (Fsp3) is 0.261. The molecular weight excluding hydrogens is 388 g/mol. The maximum atomic E-state index is 13.4. The zero-order chi connectivity index (χ0) is 20.4. The van der Waals surface area contributed by atoms with E-state index in [0.29, 0.717) is 21.5 Å². The van der Waals surface area contributed by atoms with E-state index in [1.807, 2.05) is 24.3 Å². The molecule has 0 saturated carbocycles. The number of rotatable bonds is 5. The lowest BCUT2D eigenvalue weighted by atomic mass is 9.99. The van der Waals surface area contributed by atoms with E-state index in [4.69, 9.17) is 21.3 Å². The Labute approximate surface area is 174 Å². The Morgan fingerprint density at radius 2 is 1.97 bits per heavy atom. The van der Waals surface area contributed by atoms with Crippen molar-refractivity contribution < 1.29 is 14.3 Å². The molecule has 0 spiro atoms. The summed E-state index contributed by atoms with van der Waals surface area (Å²) in [5.74, 6) is -0.806. The summed E-state index contributed by atoms with van der Waals surface area (Å²) >= 11 is 6.21. The predicted octanol–water partition coefficient (Wildman–Crippen LogP) is 4.41. The molecule has 0 radical (unpaired) electrons. The quantitative estimate of drug-likeness (QED) is 0.635. The maximum absolute atomic E-state index is 13.4. The molecule has 148 valence electrons. The second-order valence-electron chi connectivity index (χ2n) is 7.00.